The number of piperidine rings is 1. The van der Waals surface area contributed by atoms with E-state index < -0.39 is 0 Å². The molecule has 5 heteroatoms. The van der Waals surface area contributed by atoms with Gasteiger partial charge in [-0.2, -0.15) is 0 Å². The van der Waals surface area contributed by atoms with Crippen LogP contribution in [0.25, 0.3) is 10.8 Å². The molecule has 0 spiro atoms. The molecule has 1 fully saturated rings. The Morgan fingerprint density at radius 1 is 0.769 bits per heavy atom. The number of fused-ring (bicyclic) bond motifs is 2. The Balaban J connectivity index is 1.16. The number of carbonyl (C=O) groups is 2. The van der Waals surface area contributed by atoms with Crippen LogP contribution in [0.5, 0.6) is 0 Å². The second-order valence-corrected chi connectivity index (χ2v) is 11.0. The fraction of sp³-hybridized carbons (Fsp3) is 0.294. The first-order chi connectivity index (χ1) is 19.1. The lowest BCUT2D eigenvalue weighted by atomic mass is 9.87. The summed E-state index contributed by atoms with van der Waals surface area (Å²) in [5.41, 5.74) is 5.88. The summed E-state index contributed by atoms with van der Waals surface area (Å²) in [6, 6.07) is 31.0. The average molecular weight is 518 g/mol. The molecule has 0 saturated carbocycles. The van der Waals surface area contributed by atoms with E-state index >= 15 is 0 Å². The van der Waals surface area contributed by atoms with Crippen LogP contribution in [0.1, 0.15) is 35.1 Å². The predicted octanol–water partition coefficient (Wildman–Crippen LogP) is 5.72. The molecule has 0 unspecified atom stereocenters. The smallest absolute Gasteiger partial charge is 0.228 e. The molecule has 39 heavy (non-hydrogen) atoms. The summed E-state index contributed by atoms with van der Waals surface area (Å²) in [5.74, 6) is -0.508. The summed E-state index contributed by atoms with van der Waals surface area (Å²) >= 11 is 0. The molecule has 198 valence electrons. The van der Waals surface area contributed by atoms with E-state index in [0.717, 1.165) is 36.0 Å². The average Bonchev–Trinajstić information content (AvgIpc) is 3.44. The molecular weight excluding hydrogens is 482 g/mol. The van der Waals surface area contributed by atoms with Gasteiger partial charge in [0.05, 0.1) is 11.8 Å². The molecule has 2 N–H and O–H groups in total. The minimum absolute atomic E-state index is 0.00226. The standard InChI is InChI=1S/C34H35N3O2/c38-33(35-20-28-14-7-12-26-10-4-5-15-32(26)28)29-18-30(23-37(22-29)21-24-8-2-1-3-9-24)34(39)36-31-17-16-25-11-6-13-27(25)19-31/h1-5,7-10,12,14-17,19,29-30H,6,11,13,18,20-23H2,(H,35,38)(H,36,39)/t29-,30+/m0/s1. The van der Waals surface area contributed by atoms with Gasteiger partial charge in [0.1, 0.15) is 0 Å². The summed E-state index contributed by atoms with van der Waals surface area (Å²) in [6.07, 6.45) is 3.92. The molecule has 6 rings (SSSR count). The van der Waals surface area contributed by atoms with Crippen molar-refractivity contribution in [3.05, 3.63) is 113 Å². The van der Waals surface area contributed by atoms with Crippen LogP contribution >= 0.6 is 0 Å². The number of nitrogens with zero attached hydrogens (tertiary/aromatic N) is 1. The molecule has 2 aliphatic rings. The molecule has 1 saturated heterocycles. The molecular formula is C34H35N3O2. The van der Waals surface area contributed by atoms with Gasteiger partial charge in [0.25, 0.3) is 0 Å². The van der Waals surface area contributed by atoms with Crippen LogP contribution in [-0.2, 0) is 35.5 Å². The van der Waals surface area contributed by atoms with Gasteiger partial charge >= 0.3 is 0 Å². The van der Waals surface area contributed by atoms with Gasteiger partial charge in [0.15, 0.2) is 0 Å². The number of carbonyl (C=O) groups excluding carboxylic acids is 2. The minimum atomic E-state index is -0.260. The van der Waals surface area contributed by atoms with Crippen LogP contribution in [0.4, 0.5) is 5.69 Å². The van der Waals surface area contributed by atoms with Crippen molar-refractivity contribution < 1.29 is 9.59 Å². The van der Waals surface area contributed by atoms with Crippen LogP contribution in [0.15, 0.2) is 91.0 Å². The van der Waals surface area contributed by atoms with E-state index in [9.17, 15) is 9.59 Å². The van der Waals surface area contributed by atoms with Crippen LogP contribution in [0.3, 0.4) is 0 Å². The van der Waals surface area contributed by atoms with Crippen LogP contribution < -0.4 is 10.6 Å². The number of nitrogens with one attached hydrogen (secondary N) is 2. The lowest BCUT2D eigenvalue weighted by molar-refractivity contribution is -0.130. The van der Waals surface area contributed by atoms with E-state index in [-0.39, 0.29) is 23.7 Å². The molecule has 0 radical (unpaired) electrons. The summed E-state index contributed by atoms with van der Waals surface area (Å²) in [6.45, 7) is 2.47. The van der Waals surface area contributed by atoms with Crippen molar-refractivity contribution in [2.45, 2.75) is 38.8 Å². The molecule has 4 aromatic carbocycles. The quantitative estimate of drug-likeness (QED) is 0.330. The highest BCUT2D eigenvalue weighted by molar-refractivity contribution is 5.93. The Morgan fingerprint density at radius 3 is 2.38 bits per heavy atom. The highest BCUT2D eigenvalue weighted by Gasteiger charge is 2.35. The fourth-order valence-corrected chi connectivity index (χ4v) is 6.21. The first kappa shape index (κ1) is 25.3. The molecule has 0 bridgehead atoms. The SMILES string of the molecule is O=C(NCc1cccc2ccccc12)[C@H]1C[C@@H](C(=O)Nc2ccc3c(c2)CCC3)CN(Cc2ccccc2)C1. The Morgan fingerprint density at radius 2 is 1.51 bits per heavy atom. The maximum atomic E-state index is 13.5. The summed E-state index contributed by atoms with van der Waals surface area (Å²) < 4.78 is 0. The number of hydrogen-bond donors (Lipinski definition) is 2. The van der Waals surface area contributed by atoms with E-state index in [2.05, 4.69) is 64.1 Å². The zero-order valence-corrected chi connectivity index (χ0v) is 22.2. The lowest BCUT2D eigenvalue weighted by Gasteiger charge is -2.36. The molecule has 2 atom stereocenters. The molecule has 2 amide bonds. The molecule has 5 nitrogen and oxygen atoms in total. The zero-order valence-electron chi connectivity index (χ0n) is 22.2. The summed E-state index contributed by atoms with van der Waals surface area (Å²) in [7, 11) is 0. The van der Waals surface area contributed by atoms with E-state index in [1.165, 1.54) is 28.5 Å². The zero-order chi connectivity index (χ0) is 26.6. The molecule has 1 aliphatic carbocycles. The van der Waals surface area contributed by atoms with Crippen molar-refractivity contribution in [2.24, 2.45) is 11.8 Å². The Kier molecular flexibility index (Phi) is 7.42. The fourth-order valence-electron chi connectivity index (χ4n) is 6.21. The summed E-state index contributed by atoms with van der Waals surface area (Å²) in [5, 5.41) is 8.67. The third-order valence-electron chi connectivity index (χ3n) is 8.22. The van der Waals surface area contributed by atoms with Gasteiger partial charge in [0.2, 0.25) is 11.8 Å². The van der Waals surface area contributed by atoms with Crippen molar-refractivity contribution >= 4 is 28.3 Å². The number of hydrogen-bond acceptors (Lipinski definition) is 3. The molecule has 1 aliphatic heterocycles. The Bertz CT molecular complexity index is 1480. The number of rotatable bonds is 7. The lowest BCUT2D eigenvalue weighted by Crippen LogP contribution is -2.48. The van der Waals surface area contributed by atoms with Gasteiger partial charge in [-0.1, -0.05) is 78.9 Å². The number of aryl methyl sites for hydroxylation is 2. The van der Waals surface area contributed by atoms with Crippen molar-refractivity contribution in [3.8, 4) is 0 Å². The van der Waals surface area contributed by atoms with Crippen LogP contribution in [0, 0.1) is 11.8 Å². The maximum absolute atomic E-state index is 13.5. The monoisotopic (exact) mass is 517 g/mol. The molecule has 1 heterocycles. The van der Waals surface area contributed by atoms with Crippen molar-refractivity contribution in [3.63, 3.8) is 0 Å². The van der Waals surface area contributed by atoms with E-state index in [1.807, 2.05) is 42.5 Å². The van der Waals surface area contributed by atoms with Gasteiger partial charge in [-0.05, 0) is 70.8 Å². The topological polar surface area (TPSA) is 61.4 Å². The van der Waals surface area contributed by atoms with Gasteiger partial charge < -0.3 is 10.6 Å². The van der Waals surface area contributed by atoms with Crippen molar-refractivity contribution in [1.82, 2.24) is 10.2 Å². The predicted molar refractivity (Wildman–Crippen MR) is 156 cm³/mol. The van der Waals surface area contributed by atoms with Gasteiger partial charge in [-0.3, -0.25) is 14.5 Å². The third kappa shape index (κ3) is 5.89. The number of likely N-dealkylation sites (tertiary alicyclic amines) is 1. The van der Waals surface area contributed by atoms with Crippen LogP contribution in [0.2, 0.25) is 0 Å². The molecule has 0 aromatic heterocycles. The summed E-state index contributed by atoms with van der Waals surface area (Å²) in [4.78, 5) is 29.2. The first-order valence-corrected chi connectivity index (χ1v) is 14.1. The largest absolute Gasteiger partial charge is 0.352 e. The van der Waals surface area contributed by atoms with Gasteiger partial charge in [-0.15, -0.1) is 0 Å². The van der Waals surface area contributed by atoms with Gasteiger partial charge in [0, 0.05) is 31.9 Å². The van der Waals surface area contributed by atoms with Crippen molar-refractivity contribution in [1.29, 1.82) is 0 Å². The Hall–Kier alpha value is -3.96. The van der Waals surface area contributed by atoms with E-state index in [1.54, 1.807) is 0 Å². The van der Waals surface area contributed by atoms with Crippen molar-refractivity contribution in [2.75, 3.05) is 18.4 Å². The van der Waals surface area contributed by atoms with E-state index in [4.69, 9.17) is 0 Å². The highest BCUT2D eigenvalue weighted by atomic mass is 16.2. The van der Waals surface area contributed by atoms with Gasteiger partial charge in [-0.25, -0.2) is 0 Å². The highest BCUT2D eigenvalue weighted by Crippen LogP contribution is 2.28. The Labute approximate surface area is 230 Å². The maximum Gasteiger partial charge on any atom is 0.228 e. The second-order valence-electron chi connectivity index (χ2n) is 11.0. The number of benzene rings is 4. The normalized spacial score (nSPS) is 19.0. The first-order valence-electron chi connectivity index (χ1n) is 14.1. The number of anilines is 1. The van der Waals surface area contributed by atoms with E-state index in [0.29, 0.717) is 26.1 Å². The second kappa shape index (κ2) is 11.4. The molecule has 4 aromatic rings. The van der Waals surface area contributed by atoms with Crippen LogP contribution in [-0.4, -0.2) is 29.8 Å². The minimum Gasteiger partial charge on any atom is -0.352 e. The third-order valence-corrected chi connectivity index (χ3v) is 8.22. The number of amides is 2.